The molecule has 0 saturated carbocycles. The molecule has 2 heterocycles. The Morgan fingerprint density at radius 3 is 2.89 bits per heavy atom. The third-order valence-electron chi connectivity index (χ3n) is 3.47. The first kappa shape index (κ1) is 14.6. The van der Waals surface area contributed by atoms with Gasteiger partial charge >= 0.3 is 0 Å². The fourth-order valence-electron chi connectivity index (χ4n) is 2.31. The molecule has 1 aliphatic heterocycles. The lowest BCUT2D eigenvalue weighted by Crippen LogP contribution is -2.47. The molecular formula is C13H17Cl2N3O. The van der Waals surface area contributed by atoms with Crippen LogP contribution in [0.25, 0.3) is 0 Å². The fraction of sp³-hybridized carbons (Fsp3) is 0.538. The monoisotopic (exact) mass is 301 g/mol. The minimum Gasteiger partial charge on any atom is -0.337 e. The van der Waals surface area contributed by atoms with E-state index in [9.17, 15) is 4.79 Å². The zero-order valence-electron chi connectivity index (χ0n) is 11.1. The first-order chi connectivity index (χ1) is 8.99. The summed E-state index contributed by atoms with van der Waals surface area (Å²) in [5.74, 6) is -0.0687. The van der Waals surface area contributed by atoms with E-state index in [1.165, 1.54) is 12.3 Å². The van der Waals surface area contributed by atoms with Crippen LogP contribution in [-0.2, 0) is 0 Å². The van der Waals surface area contributed by atoms with Gasteiger partial charge in [0.15, 0.2) is 0 Å². The topological polar surface area (TPSA) is 36.4 Å². The zero-order valence-corrected chi connectivity index (χ0v) is 12.6. The highest BCUT2D eigenvalue weighted by atomic mass is 35.5. The second-order valence-electron chi connectivity index (χ2n) is 5.00. The van der Waals surface area contributed by atoms with Crippen molar-refractivity contribution in [1.29, 1.82) is 0 Å². The second-order valence-corrected chi connectivity index (χ2v) is 5.79. The molecule has 104 valence electrons. The van der Waals surface area contributed by atoms with Crippen LogP contribution in [0, 0.1) is 0 Å². The number of carbonyl (C=O) groups is 1. The number of carbonyl (C=O) groups excluding carboxylic acids is 1. The quantitative estimate of drug-likeness (QED) is 0.788. The average Bonchev–Trinajstić information content (AvgIpc) is 2.41. The van der Waals surface area contributed by atoms with Gasteiger partial charge in [-0.15, -0.1) is 0 Å². The van der Waals surface area contributed by atoms with Crippen LogP contribution in [0.3, 0.4) is 0 Å². The summed E-state index contributed by atoms with van der Waals surface area (Å²) in [7, 11) is 4.07. The average molecular weight is 302 g/mol. The van der Waals surface area contributed by atoms with Gasteiger partial charge in [-0.05, 0) is 33.0 Å². The van der Waals surface area contributed by atoms with Gasteiger partial charge in [0.05, 0.1) is 10.6 Å². The van der Waals surface area contributed by atoms with Crippen LogP contribution < -0.4 is 0 Å². The lowest BCUT2D eigenvalue weighted by Gasteiger charge is -2.36. The number of likely N-dealkylation sites (N-methyl/N-ethyl adjacent to an activating group) is 1. The van der Waals surface area contributed by atoms with Crippen LogP contribution in [-0.4, -0.2) is 53.9 Å². The standard InChI is InChI=1S/C13H17Cl2N3O/c1-17(2)9-4-3-5-18(8-9)13(19)10-6-12(15)16-7-11(10)14/h6-7,9H,3-5,8H2,1-2H3. The van der Waals surface area contributed by atoms with Gasteiger partial charge in [-0.25, -0.2) is 4.98 Å². The smallest absolute Gasteiger partial charge is 0.255 e. The Hall–Kier alpha value is -0.840. The van der Waals surface area contributed by atoms with Gasteiger partial charge in [-0.2, -0.15) is 0 Å². The Morgan fingerprint density at radius 1 is 1.47 bits per heavy atom. The minimum atomic E-state index is -0.0687. The maximum absolute atomic E-state index is 12.5. The maximum atomic E-state index is 12.5. The molecular weight excluding hydrogens is 285 g/mol. The highest BCUT2D eigenvalue weighted by Gasteiger charge is 2.26. The summed E-state index contributed by atoms with van der Waals surface area (Å²) in [6.45, 7) is 1.49. The van der Waals surface area contributed by atoms with Crippen LogP contribution in [0.5, 0.6) is 0 Å². The number of rotatable bonds is 2. The van der Waals surface area contributed by atoms with Crippen molar-refractivity contribution in [3.05, 3.63) is 28.0 Å². The SMILES string of the molecule is CN(C)C1CCCN(C(=O)c2cc(Cl)ncc2Cl)C1. The number of halogens is 2. The number of aromatic nitrogens is 1. The largest absolute Gasteiger partial charge is 0.337 e. The van der Waals surface area contributed by atoms with E-state index in [0.717, 1.165) is 25.9 Å². The van der Waals surface area contributed by atoms with Gasteiger partial charge in [0.25, 0.3) is 5.91 Å². The van der Waals surface area contributed by atoms with E-state index in [1.807, 2.05) is 19.0 Å². The van der Waals surface area contributed by atoms with Crippen molar-refractivity contribution in [2.75, 3.05) is 27.2 Å². The molecule has 0 aliphatic carbocycles. The number of nitrogens with zero attached hydrogens (tertiary/aromatic N) is 3. The first-order valence-electron chi connectivity index (χ1n) is 6.26. The number of amides is 1. The highest BCUT2D eigenvalue weighted by Crippen LogP contribution is 2.22. The zero-order chi connectivity index (χ0) is 14.0. The number of hydrogen-bond donors (Lipinski definition) is 0. The number of piperidine rings is 1. The molecule has 0 spiro atoms. The maximum Gasteiger partial charge on any atom is 0.255 e. The first-order valence-corrected chi connectivity index (χ1v) is 7.01. The molecule has 1 saturated heterocycles. The highest BCUT2D eigenvalue weighted by molar-refractivity contribution is 6.35. The molecule has 1 aromatic heterocycles. The van der Waals surface area contributed by atoms with E-state index in [2.05, 4.69) is 9.88 Å². The minimum absolute atomic E-state index is 0.0687. The van der Waals surface area contributed by atoms with Crippen molar-refractivity contribution in [2.45, 2.75) is 18.9 Å². The molecule has 0 radical (unpaired) electrons. The van der Waals surface area contributed by atoms with Crippen LogP contribution in [0.2, 0.25) is 10.2 Å². The van der Waals surface area contributed by atoms with Crippen molar-refractivity contribution >= 4 is 29.1 Å². The number of hydrogen-bond acceptors (Lipinski definition) is 3. The van der Waals surface area contributed by atoms with Gasteiger partial charge in [-0.1, -0.05) is 23.2 Å². The summed E-state index contributed by atoms with van der Waals surface area (Å²) in [4.78, 5) is 20.3. The van der Waals surface area contributed by atoms with Crippen molar-refractivity contribution in [2.24, 2.45) is 0 Å². The summed E-state index contributed by atoms with van der Waals surface area (Å²) in [5.41, 5.74) is 0.432. The van der Waals surface area contributed by atoms with Crippen molar-refractivity contribution in [1.82, 2.24) is 14.8 Å². The van der Waals surface area contributed by atoms with Gasteiger partial charge in [0.2, 0.25) is 0 Å². The number of pyridine rings is 1. The Morgan fingerprint density at radius 2 is 2.21 bits per heavy atom. The van der Waals surface area contributed by atoms with Gasteiger partial charge < -0.3 is 9.80 Å². The molecule has 19 heavy (non-hydrogen) atoms. The van der Waals surface area contributed by atoms with Gasteiger partial charge in [0, 0.05) is 25.3 Å². The fourth-order valence-corrected chi connectivity index (χ4v) is 2.65. The Labute approximate surface area is 123 Å². The van der Waals surface area contributed by atoms with E-state index in [4.69, 9.17) is 23.2 Å². The van der Waals surface area contributed by atoms with Crippen LogP contribution in [0.4, 0.5) is 0 Å². The summed E-state index contributed by atoms with van der Waals surface area (Å²) >= 11 is 11.9. The molecule has 2 rings (SSSR count). The molecule has 1 aliphatic rings. The van der Waals surface area contributed by atoms with Gasteiger partial charge in [0.1, 0.15) is 5.15 Å². The molecule has 1 amide bonds. The van der Waals surface area contributed by atoms with Gasteiger partial charge in [-0.3, -0.25) is 4.79 Å². The second kappa shape index (κ2) is 6.07. The van der Waals surface area contributed by atoms with Crippen LogP contribution in [0.15, 0.2) is 12.3 Å². The van der Waals surface area contributed by atoms with Crippen molar-refractivity contribution < 1.29 is 4.79 Å². The number of likely N-dealkylation sites (tertiary alicyclic amines) is 1. The van der Waals surface area contributed by atoms with E-state index in [1.54, 1.807) is 0 Å². The summed E-state index contributed by atoms with van der Waals surface area (Å²) in [6, 6.07) is 1.93. The molecule has 1 unspecified atom stereocenters. The third-order valence-corrected chi connectivity index (χ3v) is 3.97. The third kappa shape index (κ3) is 3.38. The van der Waals surface area contributed by atoms with Crippen molar-refractivity contribution in [3.8, 4) is 0 Å². The van der Waals surface area contributed by atoms with E-state index < -0.39 is 0 Å². The van der Waals surface area contributed by atoms with E-state index >= 15 is 0 Å². The Bertz CT molecular complexity index is 479. The Kier molecular flexibility index (Phi) is 4.66. The van der Waals surface area contributed by atoms with Crippen LogP contribution in [0.1, 0.15) is 23.2 Å². The predicted molar refractivity (Wildman–Crippen MR) is 76.9 cm³/mol. The van der Waals surface area contributed by atoms with E-state index in [-0.39, 0.29) is 11.1 Å². The molecule has 1 fully saturated rings. The predicted octanol–water partition coefficient (Wildman–Crippen LogP) is 2.55. The summed E-state index contributed by atoms with van der Waals surface area (Å²) in [5, 5.41) is 0.635. The summed E-state index contributed by atoms with van der Waals surface area (Å²) in [6.07, 6.45) is 3.54. The molecule has 0 N–H and O–H groups in total. The lowest BCUT2D eigenvalue weighted by atomic mass is 10.0. The molecule has 4 nitrogen and oxygen atoms in total. The van der Waals surface area contributed by atoms with Crippen molar-refractivity contribution in [3.63, 3.8) is 0 Å². The normalized spacial score (nSPS) is 19.8. The van der Waals surface area contributed by atoms with E-state index in [0.29, 0.717) is 16.6 Å². The summed E-state index contributed by atoms with van der Waals surface area (Å²) < 4.78 is 0. The molecule has 6 heteroatoms. The molecule has 1 aromatic rings. The molecule has 0 bridgehead atoms. The van der Waals surface area contributed by atoms with Crippen LogP contribution >= 0.6 is 23.2 Å². The Balaban J connectivity index is 2.17. The molecule has 1 atom stereocenters. The molecule has 0 aromatic carbocycles. The lowest BCUT2D eigenvalue weighted by molar-refractivity contribution is 0.0635.